The SMILES string of the molecule is COc1cc2ccccc2cc1C(=O)Nc1cn[nH]c1-c1nc2ccc(CN3CCOCC3)cc2[nH]1. The van der Waals surface area contributed by atoms with Crippen LogP contribution in [0.1, 0.15) is 15.9 Å². The van der Waals surface area contributed by atoms with Gasteiger partial charge in [-0.2, -0.15) is 5.10 Å². The summed E-state index contributed by atoms with van der Waals surface area (Å²) in [5, 5.41) is 12.0. The second-order valence-corrected chi connectivity index (χ2v) is 8.84. The minimum atomic E-state index is -0.288. The van der Waals surface area contributed by atoms with Gasteiger partial charge in [-0.1, -0.05) is 30.3 Å². The van der Waals surface area contributed by atoms with Gasteiger partial charge in [0.1, 0.15) is 11.4 Å². The van der Waals surface area contributed by atoms with Crippen LogP contribution in [0.15, 0.2) is 60.8 Å². The Labute approximate surface area is 207 Å². The second-order valence-electron chi connectivity index (χ2n) is 8.84. The van der Waals surface area contributed by atoms with Crippen LogP contribution < -0.4 is 10.1 Å². The van der Waals surface area contributed by atoms with E-state index < -0.39 is 0 Å². The third-order valence-corrected chi connectivity index (χ3v) is 6.49. The summed E-state index contributed by atoms with van der Waals surface area (Å²) in [7, 11) is 1.56. The highest BCUT2D eigenvalue weighted by Crippen LogP contribution is 2.29. The van der Waals surface area contributed by atoms with Crippen molar-refractivity contribution >= 4 is 33.4 Å². The highest BCUT2D eigenvalue weighted by molar-refractivity contribution is 6.09. The van der Waals surface area contributed by atoms with Gasteiger partial charge in [0.05, 0.1) is 48.8 Å². The van der Waals surface area contributed by atoms with Crippen LogP contribution in [0.4, 0.5) is 5.69 Å². The Morgan fingerprint density at radius 2 is 1.92 bits per heavy atom. The number of morpholine rings is 1. The maximum Gasteiger partial charge on any atom is 0.259 e. The van der Waals surface area contributed by atoms with Crippen LogP contribution in [0, 0.1) is 0 Å². The molecule has 9 nitrogen and oxygen atoms in total. The lowest BCUT2D eigenvalue weighted by molar-refractivity contribution is 0.0342. The molecular formula is C27H26N6O3. The number of methoxy groups -OCH3 is 1. The monoisotopic (exact) mass is 482 g/mol. The Morgan fingerprint density at radius 3 is 2.72 bits per heavy atom. The second kappa shape index (κ2) is 9.44. The van der Waals surface area contributed by atoms with Gasteiger partial charge < -0.3 is 19.8 Å². The number of carbonyl (C=O) groups excluding carboxylic acids is 1. The molecule has 36 heavy (non-hydrogen) atoms. The van der Waals surface area contributed by atoms with Crippen molar-refractivity contribution in [1.82, 2.24) is 25.1 Å². The number of rotatable bonds is 6. The lowest BCUT2D eigenvalue weighted by Gasteiger charge is -2.26. The largest absolute Gasteiger partial charge is 0.496 e. The molecule has 2 aromatic heterocycles. The molecule has 0 saturated carbocycles. The smallest absolute Gasteiger partial charge is 0.259 e. The van der Waals surface area contributed by atoms with Crippen LogP contribution >= 0.6 is 0 Å². The fourth-order valence-electron chi connectivity index (χ4n) is 4.61. The number of fused-ring (bicyclic) bond motifs is 2. The van der Waals surface area contributed by atoms with Gasteiger partial charge in [0.25, 0.3) is 5.91 Å². The molecule has 182 valence electrons. The molecule has 1 fully saturated rings. The van der Waals surface area contributed by atoms with Gasteiger partial charge in [-0.3, -0.25) is 14.8 Å². The van der Waals surface area contributed by atoms with Crippen LogP contribution in [0.2, 0.25) is 0 Å². The first-order valence-corrected chi connectivity index (χ1v) is 11.9. The van der Waals surface area contributed by atoms with Gasteiger partial charge in [0.2, 0.25) is 0 Å². The predicted molar refractivity (Wildman–Crippen MR) is 138 cm³/mol. The lowest BCUT2D eigenvalue weighted by Crippen LogP contribution is -2.35. The third-order valence-electron chi connectivity index (χ3n) is 6.49. The minimum absolute atomic E-state index is 0.288. The number of aromatic nitrogens is 4. The fraction of sp³-hybridized carbons (Fsp3) is 0.222. The van der Waals surface area contributed by atoms with E-state index in [0.29, 0.717) is 28.5 Å². The number of hydrogen-bond acceptors (Lipinski definition) is 6. The molecule has 0 unspecified atom stereocenters. The number of benzene rings is 3. The Kier molecular flexibility index (Phi) is 5.84. The first-order valence-electron chi connectivity index (χ1n) is 11.9. The number of carbonyl (C=O) groups is 1. The lowest BCUT2D eigenvalue weighted by atomic mass is 10.1. The molecule has 1 aliphatic heterocycles. The van der Waals surface area contributed by atoms with Gasteiger partial charge in [0, 0.05) is 19.6 Å². The Hall–Kier alpha value is -4.21. The summed E-state index contributed by atoms with van der Waals surface area (Å²) in [5.41, 5.74) is 4.57. The van der Waals surface area contributed by atoms with Gasteiger partial charge in [-0.25, -0.2) is 4.98 Å². The van der Waals surface area contributed by atoms with Crippen molar-refractivity contribution in [3.8, 4) is 17.3 Å². The first kappa shape index (κ1) is 22.3. The molecular weight excluding hydrogens is 456 g/mol. The average Bonchev–Trinajstić information content (AvgIpc) is 3.54. The van der Waals surface area contributed by atoms with E-state index in [0.717, 1.165) is 54.7 Å². The molecule has 0 radical (unpaired) electrons. The Bertz CT molecular complexity index is 1550. The molecule has 1 amide bonds. The summed E-state index contributed by atoms with van der Waals surface area (Å²) in [6.45, 7) is 4.29. The Balaban J connectivity index is 1.26. The van der Waals surface area contributed by atoms with Crippen molar-refractivity contribution in [3.63, 3.8) is 0 Å². The predicted octanol–water partition coefficient (Wildman–Crippen LogP) is 4.20. The number of amides is 1. The standard InChI is InChI=1S/C27H26N6O3/c1-35-24-14-19-5-3-2-4-18(19)13-20(24)27(34)31-23-15-28-32-25(23)26-29-21-7-6-17(12-22(21)30-26)16-33-8-10-36-11-9-33/h2-7,12-15H,8-11,16H2,1H3,(H,28,32)(H,29,30)(H,31,34). The van der Waals surface area contributed by atoms with Gasteiger partial charge in [0.15, 0.2) is 5.82 Å². The maximum absolute atomic E-state index is 13.2. The third kappa shape index (κ3) is 4.30. The van der Waals surface area contributed by atoms with Crippen LogP contribution in [0.25, 0.3) is 33.3 Å². The summed E-state index contributed by atoms with van der Waals surface area (Å²) in [4.78, 5) is 23.7. The van der Waals surface area contributed by atoms with E-state index in [1.54, 1.807) is 13.3 Å². The maximum atomic E-state index is 13.2. The Morgan fingerprint density at radius 1 is 1.11 bits per heavy atom. The molecule has 9 heteroatoms. The first-order chi connectivity index (χ1) is 17.7. The summed E-state index contributed by atoms with van der Waals surface area (Å²) < 4.78 is 10.9. The quantitative estimate of drug-likeness (QED) is 0.335. The number of imidazole rings is 1. The zero-order chi connectivity index (χ0) is 24.5. The molecule has 0 spiro atoms. The van der Waals surface area contributed by atoms with E-state index in [4.69, 9.17) is 14.5 Å². The van der Waals surface area contributed by atoms with Crippen LogP contribution in [0.5, 0.6) is 5.75 Å². The molecule has 5 aromatic rings. The van der Waals surface area contributed by atoms with E-state index in [1.807, 2.05) is 42.5 Å². The van der Waals surface area contributed by atoms with Gasteiger partial charge >= 0.3 is 0 Å². The molecule has 3 N–H and O–H groups in total. The minimum Gasteiger partial charge on any atom is -0.496 e. The normalized spacial score (nSPS) is 14.4. The summed E-state index contributed by atoms with van der Waals surface area (Å²) in [5.74, 6) is 0.823. The number of anilines is 1. The van der Waals surface area contributed by atoms with Gasteiger partial charge in [-0.15, -0.1) is 0 Å². The van der Waals surface area contributed by atoms with E-state index in [-0.39, 0.29) is 5.91 Å². The summed E-state index contributed by atoms with van der Waals surface area (Å²) in [6, 6.07) is 17.8. The number of nitrogens with one attached hydrogen (secondary N) is 3. The molecule has 1 saturated heterocycles. The number of hydrogen-bond donors (Lipinski definition) is 3. The van der Waals surface area contributed by atoms with Crippen LogP contribution in [-0.2, 0) is 11.3 Å². The molecule has 0 aliphatic carbocycles. The summed E-state index contributed by atoms with van der Waals surface area (Å²) in [6.07, 6.45) is 1.58. The van der Waals surface area contributed by atoms with Crippen molar-refractivity contribution < 1.29 is 14.3 Å². The zero-order valence-corrected chi connectivity index (χ0v) is 19.9. The fourth-order valence-corrected chi connectivity index (χ4v) is 4.61. The van der Waals surface area contributed by atoms with E-state index in [1.165, 1.54) is 5.56 Å². The molecule has 1 aliphatic rings. The highest BCUT2D eigenvalue weighted by Gasteiger charge is 2.19. The highest BCUT2D eigenvalue weighted by atomic mass is 16.5. The van der Waals surface area contributed by atoms with Crippen LogP contribution in [-0.4, -0.2) is 64.4 Å². The number of nitrogens with zero attached hydrogens (tertiary/aromatic N) is 3. The van der Waals surface area contributed by atoms with E-state index >= 15 is 0 Å². The average molecular weight is 483 g/mol. The van der Waals surface area contributed by atoms with Crippen molar-refractivity contribution in [2.24, 2.45) is 0 Å². The molecule has 3 heterocycles. The number of ether oxygens (including phenoxy) is 2. The molecule has 0 atom stereocenters. The number of H-pyrrole nitrogens is 2. The van der Waals surface area contributed by atoms with Gasteiger partial charge in [-0.05, 0) is 40.6 Å². The van der Waals surface area contributed by atoms with E-state index in [2.05, 4.69) is 37.5 Å². The zero-order valence-electron chi connectivity index (χ0n) is 19.9. The van der Waals surface area contributed by atoms with Crippen molar-refractivity contribution in [3.05, 3.63) is 71.9 Å². The van der Waals surface area contributed by atoms with Crippen LogP contribution in [0.3, 0.4) is 0 Å². The molecule has 3 aromatic carbocycles. The topological polar surface area (TPSA) is 108 Å². The van der Waals surface area contributed by atoms with Crippen molar-refractivity contribution in [2.75, 3.05) is 38.7 Å². The number of aromatic amines is 2. The molecule has 0 bridgehead atoms. The van der Waals surface area contributed by atoms with Crippen molar-refractivity contribution in [1.29, 1.82) is 0 Å². The molecule has 6 rings (SSSR count). The van der Waals surface area contributed by atoms with Crippen molar-refractivity contribution in [2.45, 2.75) is 6.54 Å². The summed E-state index contributed by atoms with van der Waals surface area (Å²) >= 11 is 0. The van der Waals surface area contributed by atoms with E-state index in [9.17, 15) is 4.79 Å².